The fourth-order valence-electron chi connectivity index (χ4n) is 3.59. The number of tetrazole rings is 1. The molecule has 0 saturated carbocycles. The molecule has 1 aliphatic rings. The van der Waals surface area contributed by atoms with Crippen LogP contribution in [-0.2, 0) is 0 Å². The van der Waals surface area contributed by atoms with E-state index in [2.05, 4.69) is 31.0 Å². The zero-order valence-corrected chi connectivity index (χ0v) is 15.6. The number of H-pyrrole nitrogens is 1. The highest BCUT2D eigenvalue weighted by atomic mass is 16.6. The van der Waals surface area contributed by atoms with Crippen LogP contribution in [0.15, 0.2) is 53.3 Å². The second kappa shape index (κ2) is 6.58. The SMILES string of the molecule is Cc1ccc(-c2n[nH]c(=O)c3c2[C@H](c2cccc([N+](=O)[O-])c2)n2nnnc2N3)cc1. The Bertz CT molecular complexity index is 1340. The van der Waals surface area contributed by atoms with Crippen LogP contribution in [-0.4, -0.2) is 35.3 Å². The molecule has 0 amide bonds. The lowest BCUT2D eigenvalue weighted by Gasteiger charge is -2.27. The van der Waals surface area contributed by atoms with Crippen molar-refractivity contribution in [2.24, 2.45) is 0 Å². The fraction of sp³-hybridized carbons (Fsp3) is 0.105. The minimum absolute atomic E-state index is 0.0723. The van der Waals surface area contributed by atoms with E-state index >= 15 is 0 Å². The number of nitro groups is 1. The van der Waals surface area contributed by atoms with E-state index in [1.54, 1.807) is 12.1 Å². The molecule has 2 N–H and O–H groups in total. The number of non-ortho nitro benzene ring substituents is 1. The van der Waals surface area contributed by atoms with Crippen molar-refractivity contribution in [2.75, 3.05) is 5.32 Å². The number of aromatic amines is 1. The molecular formula is C19H14N8O3. The number of rotatable bonds is 3. The average Bonchev–Trinajstić information content (AvgIpc) is 3.22. The smallest absolute Gasteiger partial charge is 0.288 e. The van der Waals surface area contributed by atoms with Crippen LogP contribution in [0.5, 0.6) is 0 Å². The Morgan fingerprint density at radius 1 is 1.17 bits per heavy atom. The molecule has 2 aromatic heterocycles. The lowest BCUT2D eigenvalue weighted by Crippen LogP contribution is -2.29. The zero-order valence-electron chi connectivity index (χ0n) is 15.6. The van der Waals surface area contributed by atoms with Crippen LogP contribution in [0.1, 0.15) is 22.7 Å². The number of benzene rings is 2. The largest absolute Gasteiger partial charge is 0.318 e. The van der Waals surface area contributed by atoms with Crippen LogP contribution in [0.25, 0.3) is 11.3 Å². The normalized spacial score (nSPS) is 14.5. The molecule has 5 rings (SSSR count). The number of aryl methyl sites for hydroxylation is 1. The van der Waals surface area contributed by atoms with E-state index in [0.29, 0.717) is 16.8 Å². The van der Waals surface area contributed by atoms with Gasteiger partial charge < -0.3 is 5.32 Å². The van der Waals surface area contributed by atoms with Crippen molar-refractivity contribution in [3.8, 4) is 11.3 Å². The van der Waals surface area contributed by atoms with E-state index in [-0.39, 0.29) is 17.3 Å². The molecule has 148 valence electrons. The molecule has 4 aromatic rings. The summed E-state index contributed by atoms with van der Waals surface area (Å²) in [6.45, 7) is 1.97. The highest BCUT2D eigenvalue weighted by molar-refractivity contribution is 5.75. The van der Waals surface area contributed by atoms with Gasteiger partial charge >= 0.3 is 0 Å². The Labute approximate surface area is 168 Å². The Kier molecular flexibility index (Phi) is 3.88. The Hall–Kier alpha value is -4.41. The third-order valence-corrected chi connectivity index (χ3v) is 4.99. The molecule has 11 nitrogen and oxygen atoms in total. The van der Waals surface area contributed by atoms with Gasteiger partial charge in [-0.15, -0.1) is 0 Å². The van der Waals surface area contributed by atoms with E-state index in [1.807, 2.05) is 31.2 Å². The molecule has 3 heterocycles. The van der Waals surface area contributed by atoms with Crippen molar-refractivity contribution < 1.29 is 4.92 Å². The van der Waals surface area contributed by atoms with Crippen molar-refractivity contribution in [1.29, 1.82) is 0 Å². The van der Waals surface area contributed by atoms with Crippen LogP contribution in [0.4, 0.5) is 17.3 Å². The second-order valence-electron chi connectivity index (χ2n) is 6.88. The van der Waals surface area contributed by atoms with Crippen LogP contribution >= 0.6 is 0 Å². The third-order valence-electron chi connectivity index (χ3n) is 4.99. The van der Waals surface area contributed by atoms with Gasteiger partial charge in [0.05, 0.1) is 10.6 Å². The molecule has 2 aromatic carbocycles. The van der Waals surface area contributed by atoms with E-state index in [0.717, 1.165) is 11.1 Å². The molecule has 0 saturated heterocycles. The predicted octanol–water partition coefficient (Wildman–Crippen LogP) is 2.33. The van der Waals surface area contributed by atoms with Crippen molar-refractivity contribution >= 4 is 17.3 Å². The maximum absolute atomic E-state index is 12.6. The summed E-state index contributed by atoms with van der Waals surface area (Å²) in [5.74, 6) is 0.255. The minimum Gasteiger partial charge on any atom is -0.318 e. The molecule has 0 unspecified atom stereocenters. The van der Waals surface area contributed by atoms with Gasteiger partial charge in [-0.3, -0.25) is 14.9 Å². The summed E-state index contributed by atoms with van der Waals surface area (Å²) >= 11 is 0. The highest BCUT2D eigenvalue weighted by Gasteiger charge is 2.34. The van der Waals surface area contributed by atoms with Gasteiger partial charge in [0, 0.05) is 23.3 Å². The molecule has 0 spiro atoms. The van der Waals surface area contributed by atoms with Crippen LogP contribution in [0.2, 0.25) is 0 Å². The average molecular weight is 402 g/mol. The van der Waals surface area contributed by atoms with Crippen LogP contribution < -0.4 is 10.9 Å². The topological polar surface area (TPSA) is 145 Å². The summed E-state index contributed by atoms with van der Waals surface area (Å²) in [5.41, 5.74) is 3.20. The number of anilines is 2. The number of nitro benzene ring substituents is 1. The first-order valence-electron chi connectivity index (χ1n) is 9.02. The van der Waals surface area contributed by atoms with Crippen molar-refractivity contribution in [1.82, 2.24) is 30.4 Å². The number of nitrogens with zero attached hydrogens (tertiary/aromatic N) is 6. The summed E-state index contributed by atoms with van der Waals surface area (Å²) in [6, 6.07) is 13.2. The summed E-state index contributed by atoms with van der Waals surface area (Å²) < 4.78 is 1.49. The van der Waals surface area contributed by atoms with E-state index < -0.39 is 16.5 Å². The monoisotopic (exact) mass is 402 g/mol. The molecule has 0 aliphatic carbocycles. The summed E-state index contributed by atoms with van der Waals surface area (Å²) in [4.78, 5) is 23.5. The second-order valence-corrected chi connectivity index (χ2v) is 6.88. The van der Waals surface area contributed by atoms with Crippen molar-refractivity contribution in [3.63, 3.8) is 0 Å². The van der Waals surface area contributed by atoms with E-state index in [1.165, 1.54) is 16.8 Å². The van der Waals surface area contributed by atoms with Crippen LogP contribution in [0.3, 0.4) is 0 Å². The fourth-order valence-corrected chi connectivity index (χ4v) is 3.59. The van der Waals surface area contributed by atoms with Crippen molar-refractivity contribution in [3.05, 3.63) is 85.7 Å². The number of hydrogen-bond donors (Lipinski definition) is 2. The number of hydrogen-bond acceptors (Lipinski definition) is 8. The summed E-state index contributed by atoms with van der Waals surface area (Å²) in [7, 11) is 0. The van der Waals surface area contributed by atoms with Gasteiger partial charge in [0.25, 0.3) is 11.2 Å². The minimum atomic E-state index is -0.683. The Balaban J connectivity index is 1.81. The first-order valence-corrected chi connectivity index (χ1v) is 9.02. The Morgan fingerprint density at radius 3 is 2.73 bits per heavy atom. The number of nitrogens with one attached hydrogen (secondary N) is 2. The zero-order chi connectivity index (χ0) is 20.8. The molecule has 1 aliphatic heterocycles. The highest BCUT2D eigenvalue weighted by Crippen LogP contribution is 2.41. The van der Waals surface area contributed by atoms with Gasteiger partial charge in [-0.2, -0.15) is 9.78 Å². The maximum Gasteiger partial charge on any atom is 0.288 e. The van der Waals surface area contributed by atoms with Gasteiger partial charge in [-0.25, -0.2) is 5.10 Å². The van der Waals surface area contributed by atoms with Crippen molar-refractivity contribution in [2.45, 2.75) is 13.0 Å². The summed E-state index contributed by atoms with van der Waals surface area (Å²) in [5, 5.41) is 32.8. The number of aromatic nitrogens is 6. The molecular weight excluding hydrogens is 388 g/mol. The molecule has 30 heavy (non-hydrogen) atoms. The first-order chi connectivity index (χ1) is 14.5. The first kappa shape index (κ1) is 17.7. The van der Waals surface area contributed by atoms with Gasteiger partial charge in [0.15, 0.2) is 0 Å². The van der Waals surface area contributed by atoms with Gasteiger partial charge in [-0.05, 0) is 22.9 Å². The molecule has 1 atom stereocenters. The van der Waals surface area contributed by atoms with Gasteiger partial charge in [-0.1, -0.05) is 47.1 Å². The lowest BCUT2D eigenvalue weighted by molar-refractivity contribution is -0.384. The Morgan fingerprint density at radius 2 is 1.97 bits per heavy atom. The third kappa shape index (κ3) is 2.71. The molecule has 11 heteroatoms. The standard InChI is InChI=1S/C19H14N8O3/c1-10-5-7-11(8-6-10)15-14-16(18(28)22-21-15)20-19-23-24-25-26(19)17(14)12-3-2-4-13(9-12)27(29)30/h2-9,17H,1H3,(H,22,28)(H,20,23,25)/t17-/m0/s1. The predicted molar refractivity (Wildman–Crippen MR) is 106 cm³/mol. The molecule has 0 bridgehead atoms. The van der Waals surface area contributed by atoms with Gasteiger partial charge in [0.2, 0.25) is 5.95 Å². The van der Waals surface area contributed by atoms with E-state index in [4.69, 9.17) is 0 Å². The number of fused-ring (bicyclic) bond motifs is 2. The quantitative estimate of drug-likeness (QED) is 0.345. The molecule has 0 radical (unpaired) electrons. The summed E-state index contributed by atoms with van der Waals surface area (Å²) in [6.07, 6.45) is 0. The lowest BCUT2D eigenvalue weighted by atomic mass is 9.92. The maximum atomic E-state index is 12.6. The van der Waals surface area contributed by atoms with Gasteiger partial charge in [0.1, 0.15) is 11.7 Å². The molecule has 0 fully saturated rings. The van der Waals surface area contributed by atoms with E-state index in [9.17, 15) is 14.9 Å². The van der Waals surface area contributed by atoms with Crippen LogP contribution in [0, 0.1) is 17.0 Å².